The number of hydrogen-bond donors (Lipinski definition) is 1. The molecule has 0 aliphatic carbocycles. The molecule has 0 radical (unpaired) electrons. The van der Waals surface area contributed by atoms with Crippen LogP contribution >= 0.6 is 0 Å². The van der Waals surface area contributed by atoms with Gasteiger partial charge in [-0.25, -0.2) is 13.2 Å². The first-order valence-corrected chi connectivity index (χ1v) is 9.04. The molecule has 0 saturated carbocycles. The summed E-state index contributed by atoms with van der Waals surface area (Å²) in [6.45, 7) is 6.56. The van der Waals surface area contributed by atoms with Gasteiger partial charge in [-0.3, -0.25) is 0 Å². The van der Waals surface area contributed by atoms with Crippen molar-refractivity contribution in [3.8, 4) is 0 Å². The van der Waals surface area contributed by atoms with Crippen molar-refractivity contribution >= 4 is 15.9 Å². The Kier molecular flexibility index (Phi) is 6.95. The van der Waals surface area contributed by atoms with Crippen LogP contribution in [0.25, 0.3) is 0 Å². The van der Waals surface area contributed by atoms with E-state index < -0.39 is 22.0 Å². The van der Waals surface area contributed by atoms with E-state index in [1.165, 1.54) is 11.1 Å². The predicted octanol–water partition coefficient (Wildman–Crippen LogP) is 2.59. The first kappa shape index (κ1) is 17.8. The van der Waals surface area contributed by atoms with Crippen LogP contribution in [0.5, 0.6) is 0 Å². The molecule has 1 rings (SSSR count). The largest absolute Gasteiger partial charge is 0.445 e. The third-order valence-corrected chi connectivity index (χ3v) is 4.99. The highest BCUT2D eigenvalue weighted by Crippen LogP contribution is 2.14. The van der Waals surface area contributed by atoms with Gasteiger partial charge in [0, 0.05) is 6.54 Å². The maximum atomic E-state index is 11.5. The van der Waals surface area contributed by atoms with E-state index in [1.54, 1.807) is 0 Å². The lowest BCUT2D eigenvalue weighted by Crippen LogP contribution is -2.29. The Hall–Kier alpha value is -1.30. The maximum absolute atomic E-state index is 11.5. The minimum absolute atomic E-state index is 0.0575. The van der Waals surface area contributed by atoms with Gasteiger partial charge in [0.2, 0.25) is 0 Å². The van der Waals surface area contributed by atoms with Gasteiger partial charge in [-0.1, -0.05) is 23.3 Å². The van der Waals surface area contributed by atoms with Gasteiger partial charge in [-0.05, 0) is 40.0 Å². The first-order valence-electron chi connectivity index (χ1n) is 7.22. The molecule has 1 atom stereocenters. The topological polar surface area (TPSA) is 72.5 Å². The van der Waals surface area contributed by atoms with Crippen molar-refractivity contribution in [1.29, 1.82) is 0 Å². The van der Waals surface area contributed by atoms with E-state index >= 15 is 0 Å². The average molecular weight is 315 g/mol. The van der Waals surface area contributed by atoms with Crippen LogP contribution in [-0.2, 0) is 14.6 Å². The zero-order valence-electron chi connectivity index (χ0n) is 13.0. The van der Waals surface area contributed by atoms with E-state index in [-0.39, 0.29) is 11.5 Å². The summed E-state index contributed by atoms with van der Waals surface area (Å²) in [6.07, 6.45) is 5.43. The average Bonchev–Trinajstić information content (AvgIpc) is 2.68. The van der Waals surface area contributed by atoms with E-state index in [0.717, 1.165) is 12.8 Å². The highest BCUT2D eigenvalue weighted by atomic mass is 32.2. The molecule has 1 aliphatic heterocycles. The smallest absolute Gasteiger partial charge is 0.407 e. The number of allylic oxidation sites excluding steroid dienone is 3. The molecule has 1 N–H and O–H groups in total. The minimum atomic E-state index is -3.01. The molecule has 1 heterocycles. The van der Waals surface area contributed by atoms with Crippen LogP contribution in [0.15, 0.2) is 23.3 Å². The number of carbonyl (C=O) groups excluding carboxylic acids is 1. The fourth-order valence-corrected chi connectivity index (χ4v) is 3.64. The van der Waals surface area contributed by atoms with Crippen molar-refractivity contribution in [2.24, 2.45) is 0 Å². The summed E-state index contributed by atoms with van der Waals surface area (Å²) < 4.78 is 27.6. The fraction of sp³-hybridized carbons (Fsp3) is 0.667. The van der Waals surface area contributed by atoms with Gasteiger partial charge in [0.25, 0.3) is 0 Å². The summed E-state index contributed by atoms with van der Waals surface area (Å²) in [5.41, 5.74) is 2.51. The van der Waals surface area contributed by atoms with E-state index in [9.17, 15) is 13.2 Å². The lowest BCUT2D eigenvalue weighted by atomic mass is 10.1. The van der Waals surface area contributed by atoms with Crippen LogP contribution in [-0.4, -0.2) is 38.7 Å². The Morgan fingerprint density at radius 3 is 2.57 bits per heavy atom. The van der Waals surface area contributed by atoms with Gasteiger partial charge in [-0.2, -0.15) is 0 Å². The molecule has 21 heavy (non-hydrogen) atoms. The molecule has 0 bridgehead atoms. The summed E-state index contributed by atoms with van der Waals surface area (Å²) in [7, 11) is -3.01. The molecule has 5 nitrogen and oxygen atoms in total. The SMILES string of the molecule is CC(C)=CCC/C(C)=C\CNC(=O)OC1CCS(=O)(=O)C1. The molecule has 1 unspecified atom stereocenters. The highest BCUT2D eigenvalue weighted by Gasteiger charge is 2.30. The summed E-state index contributed by atoms with van der Waals surface area (Å²) in [5.74, 6) is 0.0479. The van der Waals surface area contributed by atoms with Gasteiger partial charge < -0.3 is 10.1 Å². The monoisotopic (exact) mass is 315 g/mol. The maximum Gasteiger partial charge on any atom is 0.407 e. The van der Waals surface area contributed by atoms with Gasteiger partial charge in [0.1, 0.15) is 6.10 Å². The quantitative estimate of drug-likeness (QED) is 0.765. The summed E-state index contributed by atoms with van der Waals surface area (Å²) in [6, 6.07) is 0. The lowest BCUT2D eigenvalue weighted by Gasteiger charge is -2.10. The van der Waals surface area contributed by atoms with E-state index in [1.807, 2.05) is 13.0 Å². The van der Waals surface area contributed by atoms with E-state index in [0.29, 0.717) is 13.0 Å². The number of carbonyl (C=O) groups is 1. The number of alkyl carbamates (subject to hydrolysis) is 1. The third-order valence-electron chi connectivity index (χ3n) is 3.25. The molecule has 1 aliphatic rings. The zero-order valence-corrected chi connectivity index (χ0v) is 13.8. The summed E-state index contributed by atoms with van der Waals surface area (Å²) in [5, 5.41) is 2.62. The fourth-order valence-electron chi connectivity index (χ4n) is 2.05. The van der Waals surface area contributed by atoms with Crippen molar-refractivity contribution < 1.29 is 17.9 Å². The molecular weight excluding hydrogens is 290 g/mol. The van der Waals surface area contributed by atoms with E-state index in [4.69, 9.17) is 4.74 Å². The molecule has 0 aromatic rings. The second-order valence-electron chi connectivity index (χ2n) is 5.68. The number of ether oxygens (including phenoxy) is 1. The van der Waals surface area contributed by atoms with Crippen molar-refractivity contribution in [1.82, 2.24) is 5.32 Å². The molecule has 120 valence electrons. The van der Waals surface area contributed by atoms with Crippen LogP contribution in [0.3, 0.4) is 0 Å². The molecule has 1 saturated heterocycles. The van der Waals surface area contributed by atoms with Crippen LogP contribution < -0.4 is 5.32 Å². The second-order valence-corrected chi connectivity index (χ2v) is 7.91. The van der Waals surface area contributed by atoms with Crippen molar-refractivity contribution in [2.45, 2.75) is 46.1 Å². The van der Waals surface area contributed by atoms with Crippen molar-refractivity contribution in [3.63, 3.8) is 0 Å². The molecule has 0 aromatic heterocycles. The minimum Gasteiger partial charge on any atom is -0.445 e. The van der Waals surface area contributed by atoms with Gasteiger partial charge in [0.15, 0.2) is 9.84 Å². The Bertz CT molecular complexity index is 516. The number of nitrogens with one attached hydrogen (secondary N) is 1. The second kappa shape index (κ2) is 8.22. The Morgan fingerprint density at radius 1 is 1.29 bits per heavy atom. The van der Waals surface area contributed by atoms with Crippen LogP contribution in [0.4, 0.5) is 4.79 Å². The number of amides is 1. The number of hydrogen-bond acceptors (Lipinski definition) is 4. The summed E-state index contributed by atoms with van der Waals surface area (Å²) >= 11 is 0. The predicted molar refractivity (Wildman–Crippen MR) is 84.0 cm³/mol. The molecular formula is C15H25NO4S. The Morgan fingerprint density at radius 2 is 2.00 bits per heavy atom. The van der Waals surface area contributed by atoms with Crippen LogP contribution in [0.1, 0.15) is 40.0 Å². The zero-order chi connectivity index (χ0) is 15.9. The lowest BCUT2D eigenvalue weighted by molar-refractivity contribution is 0.111. The van der Waals surface area contributed by atoms with Gasteiger partial charge >= 0.3 is 6.09 Å². The third kappa shape index (κ3) is 7.90. The number of rotatable bonds is 6. The number of sulfone groups is 1. The van der Waals surface area contributed by atoms with Crippen molar-refractivity contribution in [3.05, 3.63) is 23.3 Å². The molecule has 1 fully saturated rings. The van der Waals surface area contributed by atoms with Gasteiger partial charge in [0.05, 0.1) is 11.5 Å². The molecule has 0 spiro atoms. The Balaban J connectivity index is 2.22. The van der Waals surface area contributed by atoms with E-state index in [2.05, 4.69) is 25.2 Å². The molecule has 0 aromatic carbocycles. The molecule has 1 amide bonds. The normalized spacial score (nSPS) is 20.9. The van der Waals surface area contributed by atoms with Crippen LogP contribution in [0.2, 0.25) is 0 Å². The standard InChI is InChI=1S/C15H25NO4S/c1-12(2)5-4-6-13(3)7-9-16-15(17)20-14-8-10-21(18,19)11-14/h5,7,14H,4,6,8-11H2,1-3H3,(H,16,17)/b13-7-. The highest BCUT2D eigenvalue weighted by molar-refractivity contribution is 7.91. The van der Waals surface area contributed by atoms with Crippen LogP contribution in [0, 0.1) is 0 Å². The van der Waals surface area contributed by atoms with Crippen molar-refractivity contribution in [2.75, 3.05) is 18.1 Å². The Labute approximate surface area is 127 Å². The molecule has 6 heteroatoms. The summed E-state index contributed by atoms with van der Waals surface area (Å²) in [4.78, 5) is 11.5. The first-order chi connectivity index (χ1) is 9.78. The van der Waals surface area contributed by atoms with Gasteiger partial charge in [-0.15, -0.1) is 0 Å².